The highest BCUT2D eigenvalue weighted by Crippen LogP contribution is 2.40. The third kappa shape index (κ3) is 6.11. The number of hydrogen-bond acceptors (Lipinski definition) is 2. The molecular weight excluding hydrogens is 527 g/mol. The Hall–Kier alpha value is -3.78. The second-order valence-electron chi connectivity index (χ2n) is 10.3. The largest absolute Gasteiger partial charge is 0.416 e. The van der Waals surface area contributed by atoms with Crippen LogP contribution in [0.3, 0.4) is 0 Å². The van der Waals surface area contributed by atoms with E-state index >= 15 is 0 Å². The second-order valence-corrected chi connectivity index (χ2v) is 10.7. The van der Waals surface area contributed by atoms with Crippen molar-refractivity contribution in [1.29, 1.82) is 0 Å². The van der Waals surface area contributed by atoms with Crippen molar-refractivity contribution >= 4 is 40.0 Å². The average molecular weight is 556 g/mol. The van der Waals surface area contributed by atoms with Crippen LogP contribution in [0.2, 0.25) is 5.02 Å². The van der Waals surface area contributed by atoms with Crippen LogP contribution in [0.1, 0.15) is 49.2 Å². The van der Waals surface area contributed by atoms with E-state index in [2.05, 4.69) is 10.6 Å². The lowest BCUT2D eigenvalue weighted by Gasteiger charge is -2.17. The van der Waals surface area contributed by atoms with Crippen molar-refractivity contribution in [3.63, 3.8) is 0 Å². The fourth-order valence-electron chi connectivity index (χ4n) is 4.29. The van der Waals surface area contributed by atoms with E-state index in [4.69, 9.17) is 11.6 Å². The Kier molecular flexibility index (Phi) is 7.80. The molecule has 39 heavy (non-hydrogen) atoms. The quantitative estimate of drug-likeness (QED) is 0.254. The molecule has 204 valence electrons. The molecule has 2 N–H and O–H groups in total. The predicted molar refractivity (Wildman–Crippen MR) is 149 cm³/mol. The molecule has 0 atom stereocenters. The van der Waals surface area contributed by atoms with E-state index in [1.807, 2.05) is 44.4 Å². The van der Waals surface area contributed by atoms with E-state index in [0.29, 0.717) is 46.0 Å². The summed E-state index contributed by atoms with van der Waals surface area (Å²) in [7, 11) is 0. The van der Waals surface area contributed by atoms with E-state index in [1.54, 1.807) is 30.3 Å². The van der Waals surface area contributed by atoms with Crippen LogP contribution in [-0.4, -0.2) is 16.4 Å². The monoisotopic (exact) mass is 555 g/mol. The number of fused-ring (bicyclic) bond motifs is 1. The molecule has 3 aromatic carbocycles. The number of carbonyl (C=O) groups excluding carboxylic acids is 2. The van der Waals surface area contributed by atoms with Crippen molar-refractivity contribution < 1.29 is 22.8 Å². The van der Waals surface area contributed by atoms with Crippen molar-refractivity contribution in [1.82, 2.24) is 9.88 Å². The van der Waals surface area contributed by atoms with Gasteiger partial charge in [0.05, 0.1) is 21.8 Å². The fraction of sp³-hybridized carbons (Fsp3) is 0.267. The number of halogens is 4. The molecule has 0 aliphatic heterocycles. The molecule has 2 amide bonds. The topological polar surface area (TPSA) is 63.1 Å². The number of anilines is 1. The van der Waals surface area contributed by atoms with E-state index in [0.717, 1.165) is 23.2 Å². The minimum Gasteiger partial charge on any atom is -0.352 e. The third-order valence-corrected chi connectivity index (χ3v) is 6.77. The number of hydrogen-bond donors (Lipinski definition) is 2. The number of carbonyl (C=O) groups is 2. The van der Waals surface area contributed by atoms with Gasteiger partial charge < -0.3 is 15.2 Å². The molecule has 0 aliphatic carbocycles. The van der Waals surface area contributed by atoms with E-state index in [1.165, 1.54) is 12.1 Å². The van der Waals surface area contributed by atoms with Crippen molar-refractivity contribution in [2.24, 2.45) is 5.41 Å². The van der Waals surface area contributed by atoms with Crippen LogP contribution in [0, 0.1) is 5.41 Å². The van der Waals surface area contributed by atoms with Crippen LogP contribution < -0.4 is 10.6 Å². The molecule has 0 fully saturated rings. The maximum Gasteiger partial charge on any atom is 0.416 e. The highest BCUT2D eigenvalue weighted by Gasteiger charge is 2.30. The lowest BCUT2D eigenvalue weighted by Crippen LogP contribution is -2.34. The molecule has 1 heterocycles. The number of benzene rings is 3. The predicted octanol–water partition coefficient (Wildman–Crippen LogP) is 7.92. The summed E-state index contributed by atoms with van der Waals surface area (Å²) in [6.45, 7) is 8.26. The Morgan fingerprint density at radius 2 is 1.64 bits per heavy atom. The maximum atomic E-state index is 13.0. The number of nitrogens with one attached hydrogen (secondary N) is 2. The third-order valence-electron chi connectivity index (χ3n) is 6.38. The molecule has 0 spiro atoms. The lowest BCUT2D eigenvalue weighted by molar-refractivity contribution is -0.137. The highest BCUT2D eigenvalue weighted by atomic mass is 35.5. The van der Waals surface area contributed by atoms with Gasteiger partial charge in [-0.3, -0.25) is 9.59 Å². The SMILES string of the molecule is CCn1c(-c2ccc(C(F)(F)F)cc2)c(Cl)c2cc(NC(=O)c3cccc(CNC(=O)C(C)(C)C)c3)ccc21. The summed E-state index contributed by atoms with van der Waals surface area (Å²) in [5.74, 6) is -0.412. The van der Waals surface area contributed by atoms with Crippen LogP contribution in [-0.2, 0) is 24.1 Å². The zero-order valence-electron chi connectivity index (χ0n) is 22.0. The van der Waals surface area contributed by atoms with Crippen LogP contribution in [0.4, 0.5) is 18.9 Å². The zero-order chi connectivity index (χ0) is 28.5. The molecule has 4 rings (SSSR count). The first-order chi connectivity index (χ1) is 18.3. The van der Waals surface area contributed by atoms with Crippen LogP contribution in [0.15, 0.2) is 66.7 Å². The summed E-state index contributed by atoms with van der Waals surface area (Å²) >= 11 is 6.75. The Morgan fingerprint density at radius 3 is 2.26 bits per heavy atom. The Morgan fingerprint density at radius 1 is 0.949 bits per heavy atom. The average Bonchev–Trinajstić information content (AvgIpc) is 3.17. The van der Waals surface area contributed by atoms with Gasteiger partial charge in [-0.25, -0.2) is 0 Å². The standard InChI is InChI=1S/C30H29ClF3N3O2/c1-5-37-24-14-13-22(16-23(24)25(31)26(37)19-9-11-21(12-10-19)30(32,33)34)36-27(38)20-8-6-7-18(15-20)17-35-28(39)29(2,3)4/h6-16H,5,17H2,1-4H3,(H,35,39)(H,36,38). The molecule has 4 aromatic rings. The molecule has 5 nitrogen and oxygen atoms in total. The molecular formula is C30H29ClF3N3O2. The second kappa shape index (κ2) is 10.8. The molecule has 0 aliphatic rings. The zero-order valence-corrected chi connectivity index (χ0v) is 22.8. The molecule has 1 aromatic heterocycles. The number of amides is 2. The van der Waals surface area contributed by atoms with Gasteiger partial charge >= 0.3 is 6.18 Å². The van der Waals surface area contributed by atoms with Crippen molar-refractivity contribution in [2.75, 3.05) is 5.32 Å². The first kappa shape index (κ1) is 28.2. The van der Waals surface area contributed by atoms with Gasteiger partial charge in [0.25, 0.3) is 5.91 Å². The van der Waals surface area contributed by atoms with Crippen LogP contribution in [0.5, 0.6) is 0 Å². The van der Waals surface area contributed by atoms with Gasteiger partial charge in [0, 0.05) is 35.1 Å². The van der Waals surface area contributed by atoms with Gasteiger partial charge in [-0.15, -0.1) is 0 Å². The van der Waals surface area contributed by atoms with Gasteiger partial charge in [0.1, 0.15) is 0 Å². The first-order valence-corrected chi connectivity index (χ1v) is 12.9. The summed E-state index contributed by atoms with van der Waals surface area (Å²) in [6, 6.07) is 17.2. The normalized spacial score (nSPS) is 12.0. The summed E-state index contributed by atoms with van der Waals surface area (Å²) in [5.41, 5.74) is 2.47. The number of aromatic nitrogens is 1. The van der Waals surface area contributed by atoms with Crippen molar-refractivity contribution in [3.05, 3.63) is 88.4 Å². The van der Waals surface area contributed by atoms with E-state index < -0.39 is 17.2 Å². The number of alkyl halides is 3. The maximum absolute atomic E-state index is 13.0. The van der Waals surface area contributed by atoms with Crippen molar-refractivity contribution in [2.45, 2.75) is 47.0 Å². The number of nitrogens with zero attached hydrogens (tertiary/aromatic N) is 1. The Labute approximate surface area is 230 Å². The fourth-order valence-corrected chi connectivity index (χ4v) is 4.66. The van der Waals surface area contributed by atoms with Crippen LogP contribution in [0.25, 0.3) is 22.2 Å². The molecule has 0 unspecified atom stereocenters. The number of aryl methyl sites for hydroxylation is 1. The van der Waals surface area contributed by atoms with Gasteiger partial charge in [0.15, 0.2) is 0 Å². The van der Waals surface area contributed by atoms with Crippen molar-refractivity contribution in [3.8, 4) is 11.3 Å². The van der Waals surface area contributed by atoms with Crippen LogP contribution >= 0.6 is 11.6 Å². The van der Waals surface area contributed by atoms with Gasteiger partial charge in [0.2, 0.25) is 5.91 Å². The van der Waals surface area contributed by atoms with Gasteiger partial charge in [-0.05, 0) is 60.5 Å². The molecule has 0 saturated heterocycles. The summed E-state index contributed by atoms with van der Waals surface area (Å²) in [5, 5.41) is 6.82. The molecule has 0 bridgehead atoms. The number of rotatable bonds is 6. The Bertz CT molecular complexity index is 1530. The highest BCUT2D eigenvalue weighted by molar-refractivity contribution is 6.38. The Balaban J connectivity index is 1.58. The van der Waals surface area contributed by atoms with E-state index in [9.17, 15) is 22.8 Å². The minimum atomic E-state index is -4.42. The molecule has 0 saturated carbocycles. The van der Waals surface area contributed by atoms with Gasteiger partial charge in [-0.2, -0.15) is 13.2 Å². The summed E-state index contributed by atoms with van der Waals surface area (Å²) in [4.78, 5) is 25.2. The smallest absolute Gasteiger partial charge is 0.352 e. The molecule has 0 radical (unpaired) electrons. The summed E-state index contributed by atoms with van der Waals surface area (Å²) in [6.07, 6.45) is -4.42. The lowest BCUT2D eigenvalue weighted by atomic mass is 9.95. The minimum absolute atomic E-state index is 0.0859. The van der Waals surface area contributed by atoms with Gasteiger partial charge in [-0.1, -0.05) is 56.6 Å². The summed E-state index contributed by atoms with van der Waals surface area (Å²) < 4.78 is 41.0. The first-order valence-electron chi connectivity index (χ1n) is 12.5. The van der Waals surface area contributed by atoms with E-state index in [-0.39, 0.29) is 11.8 Å². The molecule has 9 heteroatoms.